The van der Waals surface area contributed by atoms with Crippen LogP contribution in [0.4, 0.5) is 11.5 Å². The van der Waals surface area contributed by atoms with Crippen LogP contribution < -0.4 is 10.2 Å². The maximum absolute atomic E-state index is 12.4. The number of amides is 1. The van der Waals surface area contributed by atoms with Crippen molar-refractivity contribution in [1.29, 1.82) is 0 Å². The first kappa shape index (κ1) is 14.8. The zero-order valence-electron chi connectivity index (χ0n) is 12.9. The number of carbonyl (C=O) groups is 1. The van der Waals surface area contributed by atoms with Gasteiger partial charge in [0, 0.05) is 14.1 Å². The number of benzene rings is 2. The summed E-state index contributed by atoms with van der Waals surface area (Å²) in [5.41, 5.74) is 1.17. The predicted octanol–water partition coefficient (Wildman–Crippen LogP) is 3.26. The van der Waals surface area contributed by atoms with Gasteiger partial charge in [-0.2, -0.15) is 0 Å². The molecule has 0 aliphatic rings. The van der Waals surface area contributed by atoms with Crippen LogP contribution in [-0.4, -0.2) is 30.1 Å². The molecule has 0 radical (unpaired) electrons. The zero-order valence-corrected chi connectivity index (χ0v) is 12.9. The Morgan fingerprint density at radius 1 is 1.09 bits per heavy atom. The monoisotopic (exact) mass is 307 g/mol. The van der Waals surface area contributed by atoms with Crippen LogP contribution in [-0.2, 0) is 0 Å². The number of nitrogens with zero attached hydrogens (tertiary/aromatic N) is 2. The lowest BCUT2D eigenvalue weighted by Crippen LogP contribution is -2.14. The second-order valence-electron chi connectivity index (χ2n) is 5.47. The summed E-state index contributed by atoms with van der Waals surface area (Å²) in [7, 11) is 3.84. The number of hydrogen-bond donors (Lipinski definition) is 2. The van der Waals surface area contributed by atoms with Gasteiger partial charge in [0.1, 0.15) is 11.6 Å². The number of phenolic OH excluding ortho intramolecular Hbond substituents is 1. The van der Waals surface area contributed by atoms with E-state index in [-0.39, 0.29) is 11.3 Å². The molecule has 2 N–H and O–H groups in total. The van der Waals surface area contributed by atoms with Gasteiger partial charge in [-0.05, 0) is 35.0 Å². The molecule has 23 heavy (non-hydrogen) atoms. The fraction of sp³-hybridized carbons (Fsp3) is 0.111. The van der Waals surface area contributed by atoms with Crippen molar-refractivity contribution >= 4 is 28.2 Å². The van der Waals surface area contributed by atoms with E-state index in [0.29, 0.717) is 5.82 Å². The second kappa shape index (κ2) is 5.96. The molecule has 1 heterocycles. The van der Waals surface area contributed by atoms with Crippen LogP contribution in [0.25, 0.3) is 10.8 Å². The Kier molecular flexibility index (Phi) is 3.85. The van der Waals surface area contributed by atoms with Crippen LogP contribution in [0.15, 0.2) is 54.7 Å². The molecular formula is C18H17N3O2. The molecule has 0 bridgehead atoms. The van der Waals surface area contributed by atoms with Gasteiger partial charge >= 0.3 is 0 Å². The molecule has 1 aromatic heterocycles. The smallest absolute Gasteiger partial charge is 0.260 e. The van der Waals surface area contributed by atoms with Crippen molar-refractivity contribution in [2.75, 3.05) is 24.3 Å². The lowest BCUT2D eigenvalue weighted by Gasteiger charge is -2.12. The molecule has 0 fully saturated rings. The Morgan fingerprint density at radius 2 is 1.78 bits per heavy atom. The van der Waals surface area contributed by atoms with Crippen LogP contribution in [0.3, 0.4) is 0 Å². The molecule has 116 valence electrons. The lowest BCUT2D eigenvalue weighted by molar-refractivity contribution is 0.102. The van der Waals surface area contributed by atoms with E-state index in [1.807, 2.05) is 49.3 Å². The highest BCUT2D eigenvalue weighted by Crippen LogP contribution is 2.25. The highest BCUT2D eigenvalue weighted by molar-refractivity contribution is 6.08. The van der Waals surface area contributed by atoms with Gasteiger partial charge < -0.3 is 15.3 Å². The molecule has 0 aliphatic carbocycles. The average molecular weight is 307 g/mol. The summed E-state index contributed by atoms with van der Waals surface area (Å²) in [6.07, 6.45) is 1.68. The first-order valence-electron chi connectivity index (χ1n) is 7.21. The summed E-state index contributed by atoms with van der Waals surface area (Å²) >= 11 is 0. The minimum atomic E-state index is -0.390. The normalized spacial score (nSPS) is 10.5. The number of aromatic hydroxyl groups is 1. The van der Waals surface area contributed by atoms with Gasteiger partial charge in [0.2, 0.25) is 0 Å². The van der Waals surface area contributed by atoms with Crippen molar-refractivity contribution in [2.45, 2.75) is 0 Å². The van der Waals surface area contributed by atoms with E-state index < -0.39 is 5.91 Å². The largest absolute Gasteiger partial charge is 0.507 e. The average Bonchev–Trinajstić information content (AvgIpc) is 2.54. The third kappa shape index (κ3) is 3.08. The number of aromatic nitrogens is 1. The van der Waals surface area contributed by atoms with Crippen LogP contribution >= 0.6 is 0 Å². The number of fused-ring (bicyclic) bond motifs is 1. The van der Waals surface area contributed by atoms with Crippen LogP contribution in [0.2, 0.25) is 0 Å². The van der Waals surface area contributed by atoms with Gasteiger partial charge in [-0.25, -0.2) is 4.98 Å². The Labute approximate surface area is 134 Å². The minimum absolute atomic E-state index is 0.0499. The summed E-state index contributed by atoms with van der Waals surface area (Å²) in [5.74, 6) is -0.00220. The molecule has 0 saturated carbocycles. The van der Waals surface area contributed by atoms with Gasteiger partial charge in [-0.3, -0.25) is 4.79 Å². The van der Waals surface area contributed by atoms with Gasteiger partial charge in [-0.15, -0.1) is 0 Å². The molecule has 2 aromatic carbocycles. The van der Waals surface area contributed by atoms with Gasteiger partial charge in [0.05, 0.1) is 17.4 Å². The fourth-order valence-electron chi connectivity index (χ4n) is 2.32. The Morgan fingerprint density at radius 3 is 2.39 bits per heavy atom. The maximum atomic E-state index is 12.4. The molecule has 3 aromatic rings. The molecule has 5 heteroatoms. The highest BCUT2D eigenvalue weighted by atomic mass is 16.3. The van der Waals surface area contributed by atoms with Crippen LogP contribution in [0.1, 0.15) is 10.4 Å². The maximum Gasteiger partial charge on any atom is 0.260 e. The third-order valence-corrected chi connectivity index (χ3v) is 3.61. The van der Waals surface area contributed by atoms with E-state index >= 15 is 0 Å². The van der Waals surface area contributed by atoms with Crippen LogP contribution in [0.5, 0.6) is 5.75 Å². The molecule has 1 amide bonds. The molecule has 5 nitrogen and oxygen atoms in total. The number of nitrogens with one attached hydrogen (secondary N) is 1. The van der Waals surface area contributed by atoms with E-state index in [1.54, 1.807) is 24.4 Å². The zero-order chi connectivity index (χ0) is 16.4. The number of phenols is 1. The van der Waals surface area contributed by atoms with E-state index in [2.05, 4.69) is 10.3 Å². The SMILES string of the molecule is CN(C)c1ccc(NC(=O)c2cc3ccccc3cc2O)nc1. The van der Waals surface area contributed by atoms with Crippen molar-refractivity contribution in [3.05, 3.63) is 60.3 Å². The topological polar surface area (TPSA) is 65.5 Å². The predicted molar refractivity (Wildman–Crippen MR) is 92.1 cm³/mol. The minimum Gasteiger partial charge on any atom is -0.507 e. The second-order valence-corrected chi connectivity index (χ2v) is 5.47. The Hall–Kier alpha value is -3.08. The van der Waals surface area contributed by atoms with Crippen molar-refractivity contribution < 1.29 is 9.90 Å². The quantitative estimate of drug-likeness (QED) is 0.779. The first-order chi connectivity index (χ1) is 11.0. The Balaban J connectivity index is 1.86. The van der Waals surface area contributed by atoms with Gasteiger partial charge in [0.25, 0.3) is 5.91 Å². The van der Waals surface area contributed by atoms with Gasteiger partial charge in [0.15, 0.2) is 0 Å². The Bertz CT molecular complexity index is 858. The summed E-state index contributed by atoms with van der Waals surface area (Å²) in [6, 6.07) is 14.4. The summed E-state index contributed by atoms with van der Waals surface area (Å²) < 4.78 is 0. The van der Waals surface area contributed by atoms with E-state index in [4.69, 9.17) is 0 Å². The molecule has 0 spiro atoms. The van der Waals surface area contributed by atoms with E-state index in [0.717, 1.165) is 16.5 Å². The molecule has 0 atom stereocenters. The van der Waals surface area contributed by atoms with Crippen molar-refractivity contribution in [3.8, 4) is 5.75 Å². The summed E-state index contributed by atoms with van der Waals surface area (Å²) in [5, 5.41) is 14.6. The lowest BCUT2D eigenvalue weighted by atomic mass is 10.1. The third-order valence-electron chi connectivity index (χ3n) is 3.61. The standard InChI is InChI=1S/C18H17N3O2/c1-21(2)14-7-8-17(19-11-14)20-18(23)15-9-12-5-3-4-6-13(12)10-16(15)22/h3-11,22H,1-2H3,(H,19,20,23). The molecule has 0 aliphatic heterocycles. The van der Waals surface area contributed by atoms with Gasteiger partial charge in [-0.1, -0.05) is 24.3 Å². The number of pyridine rings is 1. The number of carbonyl (C=O) groups excluding carboxylic acids is 1. The summed E-state index contributed by atoms with van der Waals surface area (Å²) in [6.45, 7) is 0. The number of rotatable bonds is 3. The van der Waals surface area contributed by atoms with Crippen LogP contribution in [0, 0.1) is 0 Å². The fourth-order valence-corrected chi connectivity index (χ4v) is 2.32. The van der Waals surface area contributed by atoms with E-state index in [1.165, 1.54) is 0 Å². The van der Waals surface area contributed by atoms with Crippen molar-refractivity contribution in [3.63, 3.8) is 0 Å². The van der Waals surface area contributed by atoms with Crippen molar-refractivity contribution in [1.82, 2.24) is 4.98 Å². The molecule has 0 saturated heterocycles. The molecular weight excluding hydrogens is 290 g/mol. The first-order valence-corrected chi connectivity index (χ1v) is 7.21. The molecule has 0 unspecified atom stereocenters. The number of hydrogen-bond acceptors (Lipinski definition) is 4. The van der Waals surface area contributed by atoms with Crippen molar-refractivity contribution in [2.24, 2.45) is 0 Å². The number of anilines is 2. The molecule has 3 rings (SSSR count). The highest BCUT2D eigenvalue weighted by Gasteiger charge is 2.13. The summed E-state index contributed by atoms with van der Waals surface area (Å²) in [4.78, 5) is 18.5. The van der Waals surface area contributed by atoms with E-state index in [9.17, 15) is 9.90 Å².